The van der Waals surface area contributed by atoms with Gasteiger partial charge >= 0.3 is 13.7 Å². The Morgan fingerprint density at radius 1 is 0.658 bits per heavy atom. The van der Waals surface area contributed by atoms with Gasteiger partial charge in [-0.2, -0.15) is 18.8 Å². The van der Waals surface area contributed by atoms with E-state index in [0.717, 1.165) is 11.4 Å². The summed E-state index contributed by atoms with van der Waals surface area (Å²) in [4.78, 5) is 13.5. The van der Waals surface area contributed by atoms with Crippen LogP contribution in [0.3, 0.4) is 0 Å². The quantitative estimate of drug-likeness (QED) is 0.100. The molecule has 6 aromatic carbocycles. The van der Waals surface area contributed by atoms with Crippen molar-refractivity contribution in [2.24, 2.45) is 0 Å². The molecule has 0 spiro atoms. The minimum absolute atomic E-state index is 0. The second-order valence-electron chi connectivity index (χ2n) is 20.2. The van der Waals surface area contributed by atoms with E-state index in [-0.39, 0.29) is 91.4 Å². The zero-order chi connectivity index (χ0) is 59.3. The van der Waals surface area contributed by atoms with Gasteiger partial charge in [-0.1, -0.05) is 149 Å². The smallest absolute Gasteiger partial charge is 0.320 e. The van der Waals surface area contributed by atoms with Gasteiger partial charge in [0.05, 0.1) is 5.48 Å². The maximum Gasteiger partial charge on any atom is 0.320 e. The van der Waals surface area contributed by atoms with E-state index in [0.29, 0.717) is 23.4 Å². The summed E-state index contributed by atoms with van der Waals surface area (Å²) in [7, 11) is 0. The van der Waals surface area contributed by atoms with Crippen LogP contribution in [-0.2, 0) is 38.4 Å². The van der Waals surface area contributed by atoms with E-state index >= 15 is 0 Å². The van der Waals surface area contributed by atoms with Crippen LogP contribution in [0, 0.1) is 18.8 Å². The van der Waals surface area contributed by atoms with Crippen molar-refractivity contribution in [1.82, 2.24) is 19.2 Å². The fourth-order valence-electron chi connectivity index (χ4n) is 10.8. The minimum Gasteiger partial charge on any atom is -0.509 e. The molecular weight excluding hydrogens is 1110 g/mol. The second kappa shape index (κ2) is 19.6. The first kappa shape index (κ1) is 38.5. The van der Waals surface area contributed by atoms with Crippen LogP contribution < -0.4 is 14.5 Å². The molecule has 5 aliphatic heterocycles. The average Bonchev–Trinajstić information content (AvgIpc) is 1.41. The fraction of sp³-hybridized carbons (Fsp3) is 0.121. The molecule has 0 atom stereocenters. The molecule has 0 saturated carbocycles. The fourth-order valence-corrected chi connectivity index (χ4v) is 10.8. The van der Waals surface area contributed by atoms with E-state index in [1.54, 1.807) is 36.4 Å². The number of para-hydroxylation sites is 3. The van der Waals surface area contributed by atoms with E-state index in [2.05, 4.69) is 180 Å². The number of hydrogen-bond acceptors (Lipinski definition) is 6. The van der Waals surface area contributed by atoms with Crippen LogP contribution in [0.4, 0.5) is 17.1 Å². The summed E-state index contributed by atoms with van der Waals surface area (Å²) >= 11 is 0. The number of rotatable bonds is 10. The molecular formula is C66H55B2N6OPt-3. The molecule has 0 amide bonds. The summed E-state index contributed by atoms with van der Waals surface area (Å²) in [6.45, 7) is 3.23. The molecule has 13 rings (SSSR count). The van der Waals surface area contributed by atoms with E-state index in [1.165, 1.54) is 68.2 Å². The molecule has 0 radical (unpaired) electrons. The van der Waals surface area contributed by atoms with Gasteiger partial charge in [-0.15, -0.1) is 41.4 Å². The largest absolute Gasteiger partial charge is 0.509 e. The van der Waals surface area contributed by atoms with Crippen molar-refractivity contribution < 1.29 is 39.5 Å². The first-order valence-electron chi connectivity index (χ1n) is 30.1. The normalized spacial score (nSPS) is 17.8. The molecule has 5 aliphatic rings. The van der Waals surface area contributed by atoms with Gasteiger partial charge < -0.3 is 28.7 Å². The van der Waals surface area contributed by atoms with Crippen molar-refractivity contribution in [2.45, 2.75) is 51.8 Å². The number of ether oxygens (including phenoxy) is 1. The number of pyridine rings is 1. The summed E-state index contributed by atoms with van der Waals surface area (Å²) < 4.78 is 96.9. The third kappa shape index (κ3) is 8.71. The summed E-state index contributed by atoms with van der Waals surface area (Å²) in [6, 6.07) is 37.8. The van der Waals surface area contributed by atoms with Gasteiger partial charge in [0.1, 0.15) is 5.82 Å². The van der Waals surface area contributed by atoms with Crippen LogP contribution in [0.1, 0.15) is 81.6 Å². The molecule has 0 aliphatic carbocycles. The number of aromatic nitrogens is 2. The van der Waals surface area contributed by atoms with Crippen LogP contribution >= 0.6 is 0 Å². The maximum atomic E-state index is 9.23. The van der Waals surface area contributed by atoms with Gasteiger partial charge in [0, 0.05) is 75.8 Å². The van der Waals surface area contributed by atoms with Crippen molar-refractivity contribution in [3.8, 4) is 17.3 Å². The predicted molar refractivity (Wildman–Crippen MR) is 312 cm³/mol. The molecule has 7 nitrogen and oxygen atoms in total. The maximum absolute atomic E-state index is 9.23. The molecule has 0 fully saturated rings. The third-order valence-electron chi connectivity index (χ3n) is 14.6. The summed E-state index contributed by atoms with van der Waals surface area (Å²) in [5, 5.41) is 0.543. The predicted octanol–water partition coefficient (Wildman–Crippen LogP) is 15.2. The molecule has 7 heterocycles. The van der Waals surface area contributed by atoms with Crippen LogP contribution in [-0.4, -0.2) is 32.9 Å². The molecule has 10 heteroatoms. The summed E-state index contributed by atoms with van der Waals surface area (Å²) in [5.41, 5.74) is 7.29. The molecule has 2 aromatic heterocycles. The number of nitrogens with zero attached hydrogens (tertiary/aromatic N) is 6. The topological polar surface area (TPSA) is 40.0 Å². The van der Waals surface area contributed by atoms with Gasteiger partial charge in [0.15, 0.2) is 0 Å². The zero-order valence-electron chi connectivity index (χ0n) is 51.9. The van der Waals surface area contributed by atoms with Crippen LogP contribution in [0.25, 0.3) is 38.6 Å². The van der Waals surface area contributed by atoms with Gasteiger partial charge in [-0.05, 0) is 135 Å². The Bertz CT molecular complexity index is 4220. The van der Waals surface area contributed by atoms with E-state index < -0.39 is 31.2 Å². The molecule has 0 saturated heterocycles. The molecule has 0 bridgehead atoms. The van der Waals surface area contributed by atoms with Gasteiger partial charge in [-0.25, -0.2) is 4.98 Å². The summed E-state index contributed by atoms with van der Waals surface area (Å²) in [6.07, 6.45) is 26.9. The zero-order valence-corrected chi connectivity index (χ0v) is 44.2. The van der Waals surface area contributed by atoms with Crippen LogP contribution in [0.5, 0.6) is 11.5 Å². The van der Waals surface area contributed by atoms with Crippen molar-refractivity contribution in [2.75, 3.05) is 9.80 Å². The van der Waals surface area contributed by atoms with Crippen molar-refractivity contribution >= 4 is 63.5 Å². The van der Waals surface area contributed by atoms with Crippen molar-refractivity contribution in [3.63, 3.8) is 0 Å². The minimum atomic E-state index is -3.10. The van der Waals surface area contributed by atoms with Crippen LogP contribution in [0.2, 0.25) is 0 Å². The first-order valence-corrected chi connectivity index (χ1v) is 25.1. The van der Waals surface area contributed by atoms with Gasteiger partial charge in [0.2, 0.25) is 0 Å². The van der Waals surface area contributed by atoms with Crippen molar-refractivity contribution in [1.29, 1.82) is 0 Å². The molecule has 8 aromatic rings. The number of anilines is 3. The Balaban J connectivity index is 0.00000724. The Kier molecular flexibility index (Phi) is 9.95. The monoisotopic (exact) mass is 1170 g/mol. The Morgan fingerprint density at radius 3 is 2.04 bits per heavy atom. The third-order valence-corrected chi connectivity index (χ3v) is 14.6. The number of hydrogen-bond donors (Lipinski definition) is 0. The van der Waals surface area contributed by atoms with Gasteiger partial charge in [-0.3, -0.25) is 0 Å². The Labute approximate surface area is 476 Å². The number of benzene rings is 6. The Morgan fingerprint density at radius 2 is 1.33 bits per heavy atom. The number of fused-ring (bicyclic) bond motifs is 6. The van der Waals surface area contributed by atoms with Gasteiger partial charge in [0.25, 0.3) is 0 Å². The number of allylic oxidation sites excluding steroid dienone is 8. The summed E-state index contributed by atoms with van der Waals surface area (Å²) in [5.74, 6) is 5.05. The average molecular weight is 1170 g/mol. The molecule has 76 heavy (non-hydrogen) atoms. The molecule has 0 unspecified atom stereocenters. The van der Waals surface area contributed by atoms with E-state index in [1.807, 2.05) is 18.2 Å². The van der Waals surface area contributed by atoms with Crippen LogP contribution in [0.15, 0.2) is 225 Å². The van der Waals surface area contributed by atoms with E-state index in [9.17, 15) is 1.37 Å². The molecule has 0 N–H and O–H groups in total. The standard InChI is InChI=1S/C66H55B2N6O.Pt/c1-65(2,3)49-40-55(58-25-18-38-71-36-15-13-33-67(58)71)57(56(41-49)59-26-19-39-72-37-16-14-34-68(59)72)45-70-46-73(62-29-12-11-28-61(62)70)50-22-17-23-51(43-50)75-52-30-31-54-53-24-9-10-27-60(53)74(63(54)44-52)64-42-48(32-35-69-64)66(4,5)47-20-7-6-8-21-47;/h6-42,46H,45H2,1-5H3;/q-3;/i4D3,5D3,9D,10D,24D,27D;. The second-order valence-corrected chi connectivity index (χ2v) is 20.2. The van der Waals surface area contributed by atoms with Crippen molar-refractivity contribution in [3.05, 3.63) is 277 Å². The van der Waals surface area contributed by atoms with E-state index in [4.69, 9.17) is 17.1 Å². The first-order chi connectivity index (χ1) is 40.7. The Hall–Kier alpha value is -7.99. The molecule has 374 valence electrons. The SMILES string of the molecule is [2H]c1c([2H])c([2H])c2c(c1[2H])c1ccc(Oc3[c-]c(N4[CH-]N(Cc5c(C6=CC=CN7C=CC=CB67)cc(C(C)(C)C)cc5C5=CC=CN6C=CC=CB56)c5ccccc54)ccc3)[c-]c1n2-c1cc(C(c2ccccc2)(C([2H])([2H])[2H])C([2H])([2H])[2H])ccn1.[Pt].